The summed E-state index contributed by atoms with van der Waals surface area (Å²) in [5, 5.41) is 0. The van der Waals surface area contributed by atoms with E-state index in [1.807, 2.05) is 0 Å². The molecule has 5 heteroatoms. The Bertz CT molecular complexity index is 746. The van der Waals surface area contributed by atoms with E-state index in [2.05, 4.69) is 29.2 Å². The molecule has 0 amide bonds. The Morgan fingerprint density at radius 2 is 1.39 bits per heavy atom. The molecule has 1 fully saturated rings. The fourth-order valence-corrected chi connectivity index (χ4v) is 3.46. The summed E-state index contributed by atoms with van der Waals surface area (Å²) in [7, 11) is -4.13. The molecule has 4 nitrogen and oxygen atoms in total. The van der Waals surface area contributed by atoms with E-state index in [0.717, 1.165) is 24.1 Å². The molecule has 0 saturated carbocycles. The Balaban J connectivity index is 1.66. The van der Waals surface area contributed by atoms with Crippen molar-refractivity contribution in [2.45, 2.75) is 24.2 Å². The predicted octanol–water partition coefficient (Wildman–Crippen LogP) is 3.24. The molecular formula is C18H21NO3S. The number of rotatable bonds is 5. The molecule has 1 aliphatic heterocycles. The molecule has 3 rings (SSSR count). The minimum absolute atomic E-state index is 0.0801. The van der Waals surface area contributed by atoms with Crippen LogP contribution < -0.4 is 0 Å². The van der Waals surface area contributed by atoms with Gasteiger partial charge in [-0.1, -0.05) is 36.4 Å². The molecule has 2 aromatic rings. The Labute approximate surface area is 137 Å². The smallest absolute Gasteiger partial charge is 0.294 e. The molecule has 0 aromatic heterocycles. The fourth-order valence-electron chi connectivity index (χ4n) is 2.98. The highest BCUT2D eigenvalue weighted by Crippen LogP contribution is 2.22. The second-order valence-corrected chi connectivity index (χ2v) is 7.42. The number of benzene rings is 2. The van der Waals surface area contributed by atoms with Gasteiger partial charge in [-0.15, -0.1) is 0 Å². The molecule has 0 spiro atoms. The van der Waals surface area contributed by atoms with Crippen LogP contribution in [0, 0.1) is 0 Å². The normalized spacial score (nSPS) is 15.9. The molecule has 1 aliphatic rings. The summed E-state index contributed by atoms with van der Waals surface area (Å²) < 4.78 is 31.1. The molecule has 122 valence electrons. The molecule has 23 heavy (non-hydrogen) atoms. The van der Waals surface area contributed by atoms with E-state index in [4.69, 9.17) is 4.55 Å². The van der Waals surface area contributed by atoms with Crippen LogP contribution >= 0.6 is 0 Å². The van der Waals surface area contributed by atoms with Crippen LogP contribution in [-0.2, 0) is 16.5 Å². The van der Waals surface area contributed by atoms with E-state index in [-0.39, 0.29) is 4.90 Å². The highest BCUT2D eigenvalue weighted by molar-refractivity contribution is 7.85. The lowest BCUT2D eigenvalue weighted by atomic mass is 10.0. The van der Waals surface area contributed by atoms with Gasteiger partial charge in [0.1, 0.15) is 0 Å². The zero-order chi connectivity index (χ0) is 16.3. The number of hydrogen-bond acceptors (Lipinski definition) is 3. The van der Waals surface area contributed by atoms with Gasteiger partial charge in [-0.3, -0.25) is 4.55 Å². The Kier molecular flexibility index (Phi) is 4.80. The van der Waals surface area contributed by atoms with Gasteiger partial charge in [-0.25, -0.2) is 0 Å². The lowest BCUT2D eigenvalue weighted by molar-refractivity contribution is 0.343. The van der Waals surface area contributed by atoms with Gasteiger partial charge in [0.2, 0.25) is 0 Å². The standard InChI is InChI=1S/C18H21NO3S/c20-23(21,22)18-9-7-17(8-10-18)16-5-3-15(4-6-16)11-14-19-12-1-2-13-19/h3-10H,1-2,11-14H2,(H,20,21,22). The van der Waals surface area contributed by atoms with Gasteiger partial charge in [0.05, 0.1) is 4.90 Å². The molecule has 0 atom stereocenters. The maximum Gasteiger partial charge on any atom is 0.294 e. The second kappa shape index (κ2) is 6.83. The van der Waals surface area contributed by atoms with Crippen LogP contribution in [0.3, 0.4) is 0 Å². The van der Waals surface area contributed by atoms with E-state index in [0.29, 0.717) is 0 Å². The van der Waals surface area contributed by atoms with Crippen LogP contribution in [-0.4, -0.2) is 37.5 Å². The Morgan fingerprint density at radius 3 is 1.91 bits per heavy atom. The topological polar surface area (TPSA) is 57.6 Å². The van der Waals surface area contributed by atoms with Crippen LogP contribution in [0.2, 0.25) is 0 Å². The summed E-state index contributed by atoms with van der Waals surface area (Å²) >= 11 is 0. The van der Waals surface area contributed by atoms with E-state index in [1.54, 1.807) is 12.1 Å². The molecule has 0 radical (unpaired) electrons. The van der Waals surface area contributed by atoms with Crippen molar-refractivity contribution in [3.63, 3.8) is 0 Å². The summed E-state index contributed by atoms with van der Waals surface area (Å²) in [5.41, 5.74) is 3.29. The third-order valence-electron chi connectivity index (χ3n) is 4.35. The maximum absolute atomic E-state index is 11.1. The van der Waals surface area contributed by atoms with Crippen LogP contribution in [0.4, 0.5) is 0 Å². The Morgan fingerprint density at radius 1 is 0.870 bits per heavy atom. The van der Waals surface area contributed by atoms with Gasteiger partial charge in [-0.2, -0.15) is 8.42 Å². The molecule has 0 bridgehead atoms. The van der Waals surface area contributed by atoms with E-state index < -0.39 is 10.1 Å². The largest absolute Gasteiger partial charge is 0.303 e. The molecular weight excluding hydrogens is 310 g/mol. The monoisotopic (exact) mass is 331 g/mol. The van der Waals surface area contributed by atoms with Crippen molar-refractivity contribution in [1.82, 2.24) is 4.90 Å². The van der Waals surface area contributed by atoms with Gasteiger partial charge >= 0.3 is 0 Å². The summed E-state index contributed by atoms with van der Waals surface area (Å²) in [6.07, 6.45) is 3.69. The van der Waals surface area contributed by atoms with Gasteiger partial charge in [-0.05, 0) is 61.2 Å². The predicted molar refractivity (Wildman–Crippen MR) is 91.1 cm³/mol. The van der Waals surface area contributed by atoms with E-state index in [9.17, 15) is 8.42 Å². The van der Waals surface area contributed by atoms with Crippen molar-refractivity contribution in [3.05, 3.63) is 54.1 Å². The lowest BCUT2D eigenvalue weighted by Crippen LogP contribution is -2.21. The molecule has 0 unspecified atom stereocenters. The van der Waals surface area contributed by atoms with Crippen molar-refractivity contribution in [2.24, 2.45) is 0 Å². The molecule has 1 N–H and O–H groups in total. The average molecular weight is 331 g/mol. The zero-order valence-electron chi connectivity index (χ0n) is 13.0. The molecule has 1 saturated heterocycles. The lowest BCUT2D eigenvalue weighted by Gasteiger charge is -2.14. The molecule has 0 aliphatic carbocycles. The molecule has 1 heterocycles. The first-order valence-electron chi connectivity index (χ1n) is 7.92. The molecule has 2 aromatic carbocycles. The van der Waals surface area contributed by atoms with Crippen LogP contribution in [0.5, 0.6) is 0 Å². The SMILES string of the molecule is O=S(=O)(O)c1ccc(-c2ccc(CCN3CCCC3)cc2)cc1. The summed E-state index contributed by atoms with van der Waals surface area (Å²) in [5.74, 6) is 0. The van der Waals surface area contributed by atoms with Crippen molar-refractivity contribution in [3.8, 4) is 11.1 Å². The minimum Gasteiger partial charge on any atom is -0.303 e. The summed E-state index contributed by atoms with van der Waals surface area (Å²) in [4.78, 5) is 2.42. The van der Waals surface area contributed by atoms with Crippen molar-refractivity contribution < 1.29 is 13.0 Å². The van der Waals surface area contributed by atoms with Crippen LogP contribution in [0.25, 0.3) is 11.1 Å². The highest BCUT2D eigenvalue weighted by atomic mass is 32.2. The third-order valence-corrected chi connectivity index (χ3v) is 5.22. The van der Waals surface area contributed by atoms with Crippen molar-refractivity contribution >= 4 is 10.1 Å². The van der Waals surface area contributed by atoms with Crippen molar-refractivity contribution in [2.75, 3.05) is 19.6 Å². The number of nitrogens with zero attached hydrogens (tertiary/aromatic N) is 1. The second-order valence-electron chi connectivity index (χ2n) is 6.00. The van der Waals surface area contributed by atoms with Gasteiger partial charge in [0.15, 0.2) is 0 Å². The highest BCUT2D eigenvalue weighted by Gasteiger charge is 2.11. The first kappa shape index (κ1) is 16.2. The maximum atomic E-state index is 11.1. The first-order valence-corrected chi connectivity index (χ1v) is 9.36. The summed E-state index contributed by atoms with van der Waals surface area (Å²) in [6.45, 7) is 3.55. The summed E-state index contributed by atoms with van der Waals surface area (Å²) in [6, 6.07) is 14.6. The third kappa shape index (κ3) is 4.19. The van der Waals surface area contributed by atoms with Gasteiger partial charge in [0, 0.05) is 6.54 Å². The average Bonchev–Trinajstić information content (AvgIpc) is 3.06. The van der Waals surface area contributed by atoms with Crippen LogP contribution in [0.1, 0.15) is 18.4 Å². The van der Waals surface area contributed by atoms with Crippen LogP contribution in [0.15, 0.2) is 53.4 Å². The van der Waals surface area contributed by atoms with E-state index in [1.165, 1.54) is 43.6 Å². The van der Waals surface area contributed by atoms with E-state index >= 15 is 0 Å². The van der Waals surface area contributed by atoms with Gasteiger partial charge < -0.3 is 4.90 Å². The Hall–Kier alpha value is -1.69. The van der Waals surface area contributed by atoms with Crippen molar-refractivity contribution in [1.29, 1.82) is 0 Å². The number of likely N-dealkylation sites (tertiary alicyclic amines) is 1. The van der Waals surface area contributed by atoms with Gasteiger partial charge in [0.25, 0.3) is 10.1 Å². The minimum atomic E-state index is -4.13. The zero-order valence-corrected chi connectivity index (χ0v) is 13.8. The number of hydrogen-bond donors (Lipinski definition) is 1. The quantitative estimate of drug-likeness (QED) is 0.855. The first-order chi connectivity index (χ1) is 11.0. The fraction of sp³-hybridized carbons (Fsp3) is 0.333.